The molecule has 0 radical (unpaired) electrons. The summed E-state index contributed by atoms with van der Waals surface area (Å²) in [6.07, 6.45) is 9.92. The number of likely N-dealkylation sites (tertiary alicyclic amines) is 1. The van der Waals surface area contributed by atoms with Crippen molar-refractivity contribution in [2.75, 3.05) is 13.1 Å². The molecule has 1 atom stereocenters. The smallest absolute Gasteiger partial charge is 0.410 e. The molecular weight excluding hydrogens is 312 g/mol. The maximum Gasteiger partial charge on any atom is 0.410 e. The second kappa shape index (κ2) is 11.4. The predicted molar refractivity (Wildman–Crippen MR) is 105 cm³/mol. The topological polar surface area (TPSA) is 41.6 Å². The van der Waals surface area contributed by atoms with Gasteiger partial charge in [0.25, 0.3) is 0 Å². The van der Waals surface area contributed by atoms with Crippen molar-refractivity contribution in [3.63, 3.8) is 0 Å². The van der Waals surface area contributed by atoms with E-state index in [4.69, 9.17) is 4.74 Å². The van der Waals surface area contributed by atoms with Crippen LogP contribution >= 0.6 is 0 Å². The normalized spacial score (nSPS) is 21.5. The molecule has 1 saturated heterocycles. The van der Waals surface area contributed by atoms with Crippen LogP contribution in [0.1, 0.15) is 86.0 Å². The fourth-order valence-electron chi connectivity index (χ4n) is 3.38. The largest absolute Gasteiger partial charge is 0.444 e. The molecule has 4 heteroatoms. The SMILES string of the molecule is CC#CC.CC(C)(C)OC(=O)N1CCCC[C@@H]1CNC1CCCCC1. The lowest BCUT2D eigenvalue weighted by Crippen LogP contribution is -2.51. The van der Waals surface area contributed by atoms with Crippen LogP contribution < -0.4 is 5.32 Å². The third-order valence-electron chi connectivity index (χ3n) is 4.75. The van der Waals surface area contributed by atoms with Gasteiger partial charge in [0, 0.05) is 25.2 Å². The minimum Gasteiger partial charge on any atom is -0.444 e. The highest BCUT2D eigenvalue weighted by Gasteiger charge is 2.30. The van der Waals surface area contributed by atoms with Gasteiger partial charge in [-0.15, -0.1) is 11.8 Å². The lowest BCUT2D eigenvalue weighted by Gasteiger charge is -2.38. The second-order valence-corrected chi connectivity index (χ2v) is 8.07. The molecule has 1 N–H and O–H groups in total. The molecule has 1 aliphatic heterocycles. The lowest BCUT2D eigenvalue weighted by molar-refractivity contribution is 0.00952. The van der Waals surface area contributed by atoms with Gasteiger partial charge in [0.05, 0.1) is 0 Å². The van der Waals surface area contributed by atoms with Crippen molar-refractivity contribution in [2.24, 2.45) is 0 Å². The third kappa shape index (κ3) is 9.16. The number of hydrogen-bond donors (Lipinski definition) is 1. The van der Waals surface area contributed by atoms with Crippen LogP contribution in [0.2, 0.25) is 0 Å². The summed E-state index contributed by atoms with van der Waals surface area (Å²) in [5, 5.41) is 3.69. The Balaban J connectivity index is 0.000000705. The first-order valence-corrected chi connectivity index (χ1v) is 9.94. The molecular formula is C21H38N2O2. The molecule has 4 nitrogen and oxygen atoms in total. The van der Waals surface area contributed by atoms with Gasteiger partial charge in [-0.3, -0.25) is 0 Å². The zero-order valence-corrected chi connectivity index (χ0v) is 17.0. The molecule has 0 spiro atoms. The number of hydrogen-bond acceptors (Lipinski definition) is 3. The fourth-order valence-corrected chi connectivity index (χ4v) is 3.38. The van der Waals surface area contributed by atoms with E-state index in [9.17, 15) is 4.79 Å². The van der Waals surface area contributed by atoms with Gasteiger partial charge in [-0.2, -0.15) is 0 Å². The Morgan fingerprint density at radius 1 is 1.04 bits per heavy atom. The number of rotatable bonds is 3. The maximum absolute atomic E-state index is 12.4. The minimum atomic E-state index is -0.407. The average Bonchev–Trinajstić information content (AvgIpc) is 2.60. The van der Waals surface area contributed by atoms with E-state index in [0.717, 1.165) is 25.9 Å². The van der Waals surface area contributed by atoms with Crippen LogP contribution in [0.25, 0.3) is 0 Å². The molecule has 2 rings (SSSR count). The Morgan fingerprint density at radius 2 is 1.64 bits per heavy atom. The van der Waals surface area contributed by atoms with Gasteiger partial charge < -0.3 is 15.0 Å². The quantitative estimate of drug-likeness (QED) is 0.748. The molecule has 1 amide bonds. The number of ether oxygens (including phenoxy) is 1. The van der Waals surface area contributed by atoms with Gasteiger partial charge >= 0.3 is 6.09 Å². The molecule has 0 aromatic rings. The summed E-state index contributed by atoms with van der Waals surface area (Å²) < 4.78 is 5.56. The standard InChI is InChI=1S/C17H32N2O2.C4H6/c1-17(2,3)21-16(20)19-12-8-7-11-15(19)13-18-14-9-5-4-6-10-14;1-3-4-2/h14-15,18H,4-13H2,1-3H3;1-2H3/t15-;/m1./s1. The molecule has 0 aromatic heterocycles. The number of carbonyl (C=O) groups excluding carboxylic acids is 1. The van der Waals surface area contributed by atoms with Gasteiger partial charge in [-0.25, -0.2) is 4.79 Å². The summed E-state index contributed by atoms with van der Waals surface area (Å²) in [7, 11) is 0. The summed E-state index contributed by atoms with van der Waals surface area (Å²) >= 11 is 0. The minimum absolute atomic E-state index is 0.141. The van der Waals surface area contributed by atoms with Crippen molar-refractivity contribution < 1.29 is 9.53 Å². The number of nitrogens with zero attached hydrogens (tertiary/aromatic N) is 1. The summed E-state index contributed by atoms with van der Waals surface area (Å²) in [4.78, 5) is 14.3. The third-order valence-corrected chi connectivity index (χ3v) is 4.75. The van der Waals surface area contributed by atoms with Gasteiger partial charge in [0.2, 0.25) is 0 Å². The van der Waals surface area contributed by atoms with Crippen molar-refractivity contribution in [3.8, 4) is 11.8 Å². The molecule has 25 heavy (non-hydrogen) atoms. The van der Waals surface area contributed by atoms with Crippen molar-refractivity contribution >= 4 is 6.09 Å². The van der Waals surface area contributed by atoms with E-state index in [1.807, 2.05) is 39.5 Å². The van der Waals surface area contributed by atoms with Crippen LogP contribution in [0.3, 0.4) is 0 Å². The lowest BCUT2D eigenvalue weighted by atomic mass is 9.95. The summed E-state index contributed by atoms with van der Waals surface area (Å²) in [5.41, 5.74) is -0.407. The molecule has 1 saturated carbocycles. The number of nitrogens with one attached hydrogen (secondary N) is 1. The molecule has 1 aliphatic carbocycles. The van der Waals surface area contributed by atoms with Crippen molar-refractivity contribution in [1.29, 1.82) is 0 Å². The van der Waals surface area contributed by atoms with Crippen LogP contribution in [-0.2, 0) is 4.74 Å². The first-order chi connectivity index (χ1) is 11.9. The summed E-state index contributed by atoms with van der Waals surface area (Å²) in [6.45, 7) is 11.2. The highest BCUT2D eigenvalue weighted by atomic mass is 16.6. The fraction of sp³-hybridized carbons (Fsp3) is 0.857. The Labute approximate surface area is 155 Å². The van der Waals surface area contributed by atoms with Gasteiger partial charge in [-0.05, 0) is 66.7 Å². The number of carbonyl (C=O) groups is 1. The molecule has 0 unspecified atom stereocenters. The molecule has 2 fully saturated rings. The highest BCUT2D eigenvalue weighted by Crippen LogP contribution is 2.22. The maximum atomic E-state index is 12.4. The van der Waals surface area contributed by atoms with Gasteiger partial charge in [0.1, 0.15) is 5.60 Å². The van der Waals surface area contributed by atoms with E-state index in [1.165, 1.54) is 38.5 Å². The summed E-state index contributed by atoms with van der Waals surface area (Å²) in [5.74, 6) is 5.36. The Morgan fingerprint density at radius 3 is 2.20 bits per heavy atom. The van der Waals surface area contributed by atoms with E-state index in [2.05, 4.69) is 17.2 Å². The Hall–Kier alpha value is -1.21. The monoisotopic (exact) mass is 350 g/mol. The summed E-state index contributed by atoms with van der Waals surface area (Å²) in [6, 6.07) is 0.955. The average molecular weight is 351 g/mol. The van der Waals surface area contributed by atoms with E-state index < -0.39 is 5.60 Å². The molecule has 1 heterocycles. The zero-order chi connectivity index (χ0) is 18.7. The van der Waals surface area contributed by atoms with Crippen LogP contribution in [0.4, 0.5) is 4.79 Å². The van der Waals surface area contributed by atoms with E-state index in [1.54, 1.807) is 0 Å². The molecule has 144 valence electrons. The molecule has 0 aromatic carbocycles. The van der Waals surface area contributed by atoms with Crippen LogP contribution in [0.15, 0.2) is 0 Å². The van der Waals surface area contributed by atoms with Crippen LogP contribution in [0.5, 0.6) is 0 Å². The molecule has 0 bridgehead atoms. The van der Waals surface area contributed by atoms with Crippen molar-refractivity contribution in [3.05, 3.63) is 0 Å². The van der Waals surface area contributed by atoms with Crippen molar-refractivity contribution in [2.45, 2.75) is 104 Å². The van der Waals surface area contributed by atoms with Crippen LogP contribution in [-0.4, -0.2) is 41.8 Å². The number of amides is 1. The highest BCUT2D eigenvalue weighted by molar-refractivity contribution is 5.68. The van der Waals surface area contributed by atoms with E-state index >= 15 is 0 Å². The van der Waals surface area contributed by atoms with Gasteiger partial charge in [-0.1, -0.05) is 19.3 Å². The Bertz CT molecular complexity index is 433. The van der Waals surface area contributed by atoms with Crippen molar-refractivity contribution in [1.82, 2.24) is 10.2 Å². The van der Waals surface area contributed by atoms with Gasteiger partial charge in [0.15, 0.2) is 0 Å². The number of piperidine rings is 1. The van der Waals surface area contributed by atoms with Crippen LogP contribution in [0, 0.1) is 11.8 Å². The second-order valence-electron chi connectivity index (χ2n) is 8.07. The van der Waals surface area contributed by atoms with E-state index in [-0.39, 0.29) is 6.09 Å². The first-order valence-electron chi connectivity index (χ1n) is 9.94. The first kappa shape index (κ1) is 21.8. The predicted octanol–water partition coefficient (Wildman–Crippen LogP) is 4.73. The van der Waals surface area contributed by atoms with E-state index in [0.29, 0.717) is 12.1 Å². The zero-order valence-electron chi connectivity index (χ0n) is 17.0. The molecule has 2 aliphatic rings. The Kier molecular flexibility index (Phi) is 9.97.